The molecule has 1 saturated heterocycles. The van der Waals surface area contributed by atoms with Crippen molar-refractivity contribution in [3.05, 3.63) is 30.6 Å². The Morgan fingerprint density at radius 1 is 1.10 bits per heavy atom. The number of aromatic nitrogens is 4. The Kier molecular flexibility index (Phi) is 2.91. The van der Waals surface area contributed by atoms with Crippen LogP contribution in [0.15, 0.2) is 30.6 Å². The van der Waals surface area contributed by atoms with Crippen LogP contribution in [0.25, 0.3) is 5.69 Å². The Balaban J connectivity index is 1.91. The van der Waals surface area contributed by atoms with E-state index in [1.807, 2.05) is 52.0 Å². The molecule has 6 nitrogen and oxygen atoms in total. The lowest BCUT2D eigenvalue weighted by Gasteiger charge is -2.32. The third kappa shape index (κ3) is 2.12. The molecule has 3 rings (SSSR count). The molecular formula is C13H17BN4O2. The van der Waals surface area contributed by atoms with Crippen molar-refractivity contribution in [1.29, 1.82) is 0 Å². The minimum atomic E-state index is -0.378. The molecule has 104 valence electrons. The Hall–Kier alpha value is -1.73. The van der Waals surface area contributed by atoms with E-state index in [0.29, 0.717) is 0 Å². The maximum atomic E-state index is 6.04. The fourth-order valence-electron chi connectivity index (χ4n) is 2.07. The molecule has 7 heteroatoms. The minimum Gasteiger partial charge on any atom is -0.399 e. The van der Waals surface area contributed by atoms with Gasteiger partial charge in [0.1, 0.15) is 6.33 Å². The molecule has 0 atom stereocenters. The molecule has 1 aliphatic rings. The first-order chi connectivity index (χ1) is 9.39. The number of rotatable bonds is 2. The van der Waals surface area contributed by atoms with Crippen LogP contribution in [-0.2, 0) is 9.31 Å². The Morgan fingerprint density at radius 2 is 1.80 bits per heavy atom. The van der Waals surface area contributed by atoms with E-state index in [1.54, 1.807) is 11.0 Å². The SMILES string of the molecule is CC1(C)OB(c2cccc(-n3cnnn3)c2)OC1(C)C. The molecule has 1 aromatic heterocycles. The van der Waals surface area contributed by atoms with Crippen molar-refractivity contribution in [3.63, 3.8) is 0 Å². The lowest BCUT2D eigenvalue weighted by molar-refractivity contribution is 0.00578. The van der Waals surface area contributed by atoms with Crippen molar-refractivity contribution < 1.29 is 9.31 Å². The average molecular weight is 272 g/mol. The smallest absolute Gasteiger partial charge is 0.399 e. The number of benzene rings is 1. The molecule has 1 aromatic carbocycles. The van der Waals surface area contributed by atoms with Crippen molar-refractivity contribution in [2.45, 2.75) is 38.9 Å². The highest BCUT2D eigenvalue weighted by Crippen LogP contribution is 2.36. The summed E-state index contributed by atoms with van der Waals surface area (Å²) in [7, 11) is -0.378. The Morgan fingerprint density at radius 3 is 2.40 bits per heavy atom. The fourth-order valence-corrected chi connectivity index (χ4v) is 2.07. The maximum absolute atomic E-state index is 6.04. The van der Waals surface area contributed by atoms with Crippen molar-refractivity contribution >= 4 is 12.6 Å². The van der Waals surface area contributed by atoms with Gasteiger partial charge in [-0.15, -0.1) is 5.10 Å². The van der Waals surface area contributed by atoms with Crippen molar-refractivity contribution in [1.82, 2.24) is 20.2 Å². The summed E-state index contributed by atoms with van der Waals surface area (Å²) in [5.74, 6) is 0. The molecule has 20 heavy (non-hydrogen) atoms. The van der Waals surface area contributed by atoms with E-state index in [9.17, 15) is 0 Å². The van der Waals surface area contributed by atoms with Gasteiger partial charge < -0.3 is 9.31 Å². The van der Waals surface area contributed by atoms with Gasteiger partial charge in [-0.3, -0.25) is 0 Å². The summed E-state index contributed by atoms with van der Waals surface area (Å²) in [5.41, 5.74) is 1.14. The van der Waals surface area contributed by atoms with E-state index in [4.69, 9.17) is 9.31 Å². The summed E-state index contributed by atoms with van der Waals surface area (Å²) in [6.45, 7) is 8.16. The summed E-state index contributed by atoms with van der Waals surface area (Å²) in [5, 5.41) is 11.2. The van der Waals surface area contributed by atoms with E-state index in [2.05, 4.69) is 15.5 Å². The summed E-state index contributed by atoms with van der Waals surface area (Å²) in [4.78, 5) is 0. The van der Waals surface area contributed by atoms with Gasteiger partial charge in [0.25, 0.3) is 0 Å². The van der Waals surface area contributed by atoms with Crippen molar-refractivity contribution in [3.8, 4) is 5.69 Å². The van der Waals surface area contributed by atoms with Crippen molar-refractivity contribution in [2.24, 2.45) is 0 Å². The second-order valence-corrected chi connectivity index (χ2v) is 5.94. The lowest BCUT2D eigenvalue weighted by Crippen LogP contribution is -2.41. The zero-order valence-electron chi connectivity index (χ0n) is 12.1. The summed E-state index contributed by atoms with van der Waals surface area (Å²) in [6.07, 6.45) is 1.56. The zero-order chi connectivity index (χ0) is 14.4. The molecule has 1 aliphatic heterocycles. The van der Waals surface area contributed by atoms with Crippen molar-refractivity contribution in [2.75, 3.05) is 0 Å². The molecular weight excluding hydrogens is 255 g/mol. The molecule has 0 bridgehead atoms. The van der Waals surface area contributed by atoms with E-state index in [-0.39, 0.29) is 18.3 Å². The molecule has 0 saturated carbocycles. The van der Waals surface area contributed by atoms with Crippen LogP contribution in [-0.4, -0.2) is 38.5 Å². The molecule has 0 unspecified atom stereocenters. The van der Waals surface area contributed by atoms with Gasteiger partial charge in [-0.05, 0) is 55.7 Å². The second kappa shape index (κ2) is 4.39. The van der Waals surface area contributed by atoms with Crippen LogP contribution in [0.3, 0.4) is 0 Å². The first-order valence-electron chi connectivity index (χ1n) is 6.58. The molecule has 2 heterocycles. The highest BCUT2D eigenvalue weighted by atomic mass is 16.7. The molecule has 0 radical (unpaired) electrons. The van der Waals surface area contributed by atoms with E-state index in [1.165, 1.54) is 0 Å². The first kappa shape index (κ1) is 13.3. The fraction of sp³-hybridized carbons (Fsp3) is 0.462. The molecule has 0 spiro atoms. The van der Waals surface area contributed by atoms with Gasteiger partial charge in [0.2, 0.25) is 0 Å². The highest BCUT2D eigenvalue weighted by Gasteiger charge is 2.51. The average Bonchev–Trinajstić information content (AvgIpc) is 2.97. The third-order valence-corrected chi connectivity index (χ3v) is 4.01. The van der Waals surface area contributed by atoms with Crippen LogP contribution in [0.2, 0.25) is 0 Å². The minimum absolute atomic E-state index is 0.345. The topological polar surface area (TPSA) is 62.1 Å². The third-order valence-electron chi connectivity index (χ3n) is 4.01. The standard InChI is InChI=1S/C13H17BN4O2/c1-12(2)13(3,4)20-14(19-12)10-6-5-7-11(8-10)18-9-15-16-17-18/h5-9H,1-4H3. The Labute approximate surface area is 118 Å². The van der Waals surface area contributed by atoms with Crippen LogP contribution in [0, 0.1) is 0 Å². The summed E-state index contributed by atoms with van der Waals surface area (Å²) < 4.78 is 13.7. The molecule has 0 amide bonds. The predicted molar refractivity (Wildman–Crippen MR) is 74.9 cm³/mol. The molecule has 2 aromatic rings. The number of hydrogen-bond donors (Lipinski definition) is 0. The van der Waals surface area contributed by atoms with Gasteiger partial charge in [0, 0.05) is 0 Å². The second-order valence-electron chi connectivity index (χ2n) is 5.94. The normalized spacial score (nSPS) is 20.3. The predicted octanol–water partition coefficient (Wildman–Crippen LogP) is 0.961. The van der Waals surface area contributed by atoms with E-state index >= 15 is 0 Å². The van der Waals surface area contributed by atoms with Crippen LogP contribution >= 0.6 is 0 Å². The van der Waals surface area contributed by atoms with Crippen LogP contribution in [0.1, 0.15) is 27.7 Å². The largest absolute Gasteiger partial charge is 0.494 e. The summed E-state index contributed by atoms with van der Waals surface area (Å²) >= 11 is 0. The monoisotopic (exact) mass is 272 g/mol. The number of hydrogen-bond acceptors (Lipinski definition) is 5. The van der Waals surface area contributed by atoms with E-state index in [0.717, 1.165) is 11.2 Å². The van der Waals surface area contributed by atoms with Gasteiger partial charge in [-0.2, -0.15) is 0 Å². The van der Waals surface area contributed by atoms with Crippen LogP contribution in [0.5, 0.6) is 0 Å². The van der Waals surface area contributed by atoms with Gasteiger partial charge in [-0.1, -0.05) is 12.1 Å². The highest BCUT2D eigenvalue weighted by molar-refractivity contribution is 6.62. The Bertz CT molecular complexity index is 597. The molecule has 0 aliphatic carbocycles. The van der Waals surface area contributed by atoms with Gasteiger partial charge in [-0.25, -0.2) is 4.68 Å². The summed E-state index contributed by atoms with van der Waals surface area (Å²) in [6, 6.07) is 7.83. The quantitative estimate of drug-likeness (QED) is 0.762. The first-order valence-corrected chi connectivity index (χ1v) is 6.58. The molecule has 1 fully saturated rings. The molecule has 0 N–H and O–H groups in total. The van der Waals surface area contributed by atoms with Gasteiger partial charge >= 0.3 is 7.12 Å². The van der Waals surface area contributed by atoms with E-state index < -0.39 is 0 Å². The van der Waals surface area contributed by atoms with Gasteiger partial charge in [0.05, 0.1) is 16.9 Å². The van der Waals surface area contributed by atoms with Crippen LogP contribution < -0.4 is 5.46 Å². The number of tetrazole rings is 1. The zero-order valence-corrected chi connectivity index (χ0v) is 12.1. The van der Waals surface area contributed by atoms with Gasteiger partial charge in [0.15, 0.2) is 0 Å². The lowest BCUT2D eigenvalue weighted by atomic mass is 9.79. The van der Waals surface area contributed by atoms with Crippen LogP contribution in [0.4, 0.5) is 0 Å². The maximum Gasteiger partial charge on any atom is 0.494 e. The number of nitrogens with zero attached hydrogens (tertiary/aromatic N) is 4.